The minimum atomic E-state index is -0.741. The van der Waals surface area contributed by atoms with Crippen molar-refractivity contribution in [2.75, 3.05) is 6.61 Å². The highest BCUT2D eigenvalue weighted by Crippen LogP contribution is 2.29. The number of benzene rings is 1. The number of aryl methyl sites for hydroxylation is 1. The summed E-state index contributed by atoms with van der Waals surface area (Å²) in [4.78, 5) is 26.3. The summed E-state index contributed by atoms with van der Waals surface area (Å²) in [6.45, 7) is 3.29. The van der Waals surface area contributed by atoms with Crippen molar-refractivity contribution >= 4 is 11.7 Å². The van der Waals surface area contributed by atoms with Crippen LogP contribution in [0, 0.1) is 17.0 Å². The number of rotatable bonds is 4. The van der Waals surface area contributed by atoms with Crippen molar-refractivity contribution in [3.8, 4) is 11.4 Å². The lowest BCUT2D eigenvalue weighted by Gasteiger charge is -2.05. The molecule has 2 aromatic rings. The minimum absolute atomic E-state index is 0.0807. The van der Waals surface area contributed by atoms with E-state index in [1.165, 1.54) is 25.1 Å². The molecule has 8 nitrogen and oxygen atoms in total. The molecule has 0 aliphatic heterocycles. The van der Waals surface area contributed by atoms with E-state index in [0.29, 0.717) is 4.73 Å². The SMILES string of the molecule is CCOC(=O)c1c(C)nc(-c2ccccc2[N+](=O)[O-])n1O. The number of para-hydroxylation sites is 1. The van der Waals surface area contributed by atoms with E-state index >= 15 is 0 Å². The van der Waals surface area contributed by atoms with Crippen molar-refractivity contribution in [3.05, 3.63) is 45.8 Å². The Kier molecular flexibility index (Phi) is 3.88. The molecule has 1 aromatic carbocycles. The Morgan fingerprint density at radius 3 is 2.76 bits per heavy atom. The number of nitrogens with zero attached hydrogens (tertiary/aromatic N) is 3. The van der Waals surface area contributed by atoms with Crippen LogP contribution in [0.2, 0.25) is 0 Å². The predicted molar refractivity (Wildman–Crippen MR) is 72.2 cm³/mol. The molecule has 1 aromatic heterocycles. The normalized spacial score (nSPS) is 10.4. The van der Waals surface area contributed by atoms with Crippen LogP contribution < -0.4 is 0 Å². The van der Waals surface area contributed by atoms with E-state index in [0.717, 1.165) is 0 Å². The molecule has 0 unspecified atom stereocenters. The molecule has 0 aliphatic rings. The first kappa shape index (κ1) is 14.5. The van der Waals surface area contributed by atoms with Gasteiger partial charge in [-0.1, -0.05) is 12.1 Å². The Hall–Kier alpha value is -2.90. The van der Waals surface area contributed by atoms with Crippen LogP contribution in [0.5, 0.6) is 0 Å². The van der Waals surface area contributed by atoms with Gasteiger partial charge in [0.05, 0.1) is 22.8 Å². The van der Waals surface area contributed by atoms with E-state index in [9.17, 15) is 20.1 Å². The fraction of sp³-hybridized carbons (Fsp3) is 0.231. The first-order valence-electron chi connectivity index (χ1n) is 6.16. The van der Waals surface area contributed by atoms with Gasteiger partial charge in [-0.05, 0) is 19.9 Å². The van der Waals surface area contributed by atoms with Gasteiger partial charge in [-0.25, -0.2) is 9.78 Å². The molecular weight excluding hydrogens is 278 g/mol. The first-order valence-corrected chi connectivity index (χ1v) is 6.16. The fourth-order valence-electron chi connectivity index (χ4n) is 1.95. The highest BCUT2D eigenvalue weighted by Gasteiger charge is 2.26. The van der Waals surface area contributed by atoms with Crippen LogP contribution in [0.25, 0.3) is 11.4 Å². The number of nitro groups is 1. The van der Waals surface area contributed by atoms with E-state index in [1.807, 2.05) is 0 Å². The molecule has 0 atom stereocenters. The Balaban J connectivity index is 2.60. The molecular formula is C13H13N3O5. The molecule has 1 N–H and O–H groups in total. The smallest absolute Gasteiger partial charge is 0.360 e. The van der Waals surface area contributed by atoms with E-state index in [1.54, 1.807) is 13.0 Å². The third kappa shape index (κ3) is 2.55. The topological polar surface area (TPSA) is 107 Å². The number of imidazole rings is 1. The van der Waals surface area contributed by atoms with Gasteiger partial charge in [-0.3, -0.25) is 10.1 Å². The molecule has 0 radical (unpaired) electrons. The lowest BCUT2D eigenvalue weighted by Crippen LogP contribution is -2.12. The lowest BCUT2D eigenvalue weighted by atomic mass is 10.2. The quantitative estimate of drug-likeness (QED) is 0.400. The van der Waals surface area contributed by atoms with E-state index in [4.69, 9.17) is 4.74 Å². The first-order chi connectivity index (χ1) is 9.97. The van der Waals surface area contributed by atoms with Gasteiger partial charge >= 0.3 is 5.97 Å². The molecule has 8 heteroatoms. The summed E-state index contributed by atoms with van der Waals surface area (Å²) in [5.41, 5.74) is -0.0223. The summed E-state index contributed by atoms with van der Waals surface area (Å²) in [6, 6.07) is 5.83. The monoisotopic (exact) mass is 291 g/mol. The van der Waals surface area contributed by atoms with Crippen molar-refractivity contribution in [1.29, 1.82) is 0 Å². The van der Waals surface area contributed by atoms with E-state index < -0.39 is 10.9 Å². The standard InChI is InChI=1S/C13H13N3O5/c1-3-21-13(17)11-8(2)14-12(15(11)18)9-6-4-5-7-10(9)16(19)20/h4-7,18H,3H2,1-2H3. The van der Waals surface area contributed by atoms with Crippen LogP contribution in [0.1, 0.15) is 23.1 Å². The number of carbonyl (C=O) groups excluding carboxylic acids is 1. The summed E-state index contributed by atoms with van der Waals surface area (Å²) < 4.78 is 5.35. The number of esters is 1. The maximum absolute atomic E-state index is 11.8. The van der Waals surface area contributed by atoms with Crippen molar-refractivity contribution < 1.29 is 19.7 Å². The van der Waals surface area contributed by atoms with Crippen LogP contribution in [-0.2, 0) is 4.74 Å². The van der Waals surface area contributed by atoms with Crippen LogP contribution in [0.15, 0.2) is 24.3 Å². The van der Waals surface area contributed by atoms with Gasteiger partial charge in [-0.15, -0.1) is 0 Å². The number of nitro benzene ring substituents is 1. The maximum atomic E-state index is 11.8. The van der Waals surface area contributed by atoms with Gasteiger partial charge in [0.2, 0.25) is 0 Å². The van der Waals surface area contributed by atoms with Gasteiger partial charge in [0, 0.05) is 6.07 Å². The molecule has 0 fully saturated rings. The molecule has 0 bridgehead atoms. The predicted octanol–water partition coefficient (Wildman–Crippen LogP) is 2.18. The second-order valence-corrected chi connectivity index (χ2v) is 4.18. The maximum Gasteiger partial charge on any atom is 0.360 e. The number of aromatic nitrogens is 2. The average molecular weight is 291 g/mol. The van der Waals surface area contributed by atoms with Crippen molar-refractivity contribution in [3.63, 3.8) is 0 Å². The number of carbonyl (C=O) groups is 1. The second kappa shape index (κ2) is 5.61. The summed E-state index contributed by atoms with van der Waals surface area (Å²) in [5, 5.41) is 21.1. The third-order valence-corrected chi connectivity index (χ3v) is 2.84. The fourth-order valence-corrected chi connectivity index (χ4v) is 1.95. The summed E-state index contributed by atoms with van der Waals surface area (Å²) >= 11 is 0. The molecule has 1 heterocycles. The number of ether oxygens (including phenoxy) is 1. The Morgan fingerprint density at radius 1 is 1.48 bits per heavy atom. The van der Waals surface area contributed by atoms with Gasteiger partial charge in [0.15, 0.2) is 11.5 Å². The summed E-state index contributed by atoms with van der Waals surface area (Å²) in [7, 11) is 0. The molecule has 110 valence electrons. The average Bonchev–Trinajstić information content (AvgIpc) is 2.74. The Bertz CT molecular complexity index is 708. The van der Waals surface area contributed by atoms with Gasteiger partial charge in [0.1, 0.15) is 0 Å². The molecule has 0 saturated heterocycles. The summed E-state index contributed by atoms with van der Waals surface area (Å²) in [6.07, 6.45) is 0. The molecule has 2 rings (SSSR count). The van der Waals surface area contributed by atoms with E-state index in [-0.39, 0.29) is 35.1 Å². The highest BCUT2D eigenvalue weighted by atomic mass is 16.6. The van der Waals surface area contributed by atoms with Crippen molar-refractivity contribution in [2.24, 2.45) is 0 Å². The molecule has 21 heavy (non-hydrogen) atoms. The van der Waals surface area contributed by atoms with Crippen LogP contribution in [0.4, 0.5) is 5.69 Å². The largest absolute Gasteiger partial charge is 0.461 e. The zero-order chi connectivity index (χ0) is 15.6. The second-order valence-electron chi connectivity index (χ2n) is 4.18. The van der Waals surface area contributed by atoms with E-state index in [2.05, 4.69) is 4.98 Å². The van der Waals surface area contributed by atoms with Gasteiger partial charge < -0.3 is 9.94 Å². The number of hydrogen-bond acceptors (Lipinski definition) is 6. The van der Waals surface area contributed by atoms with Crippen molar-refractivity contribution in [2.45, 2.75) is 13.8 Å². The molecule has 0 aliphatic carbocycles. The Labute approximate surface area is 119 Å². The van der Waals surface area contributed by atoms with Crippen LogP contribution in [-0.4, -0.2) is 32.4 Å². The van der Waals surface area contributed by atoms with Crippen LogP contribution in [0.3, 0.4) is 0 Å². The van der Waals surface area contributed by atoms with Crippen LogP contribution >= 0.6 is 0 Å². The Morgan fingerprint density at radius 2 is 2.14 bits per heavy atom. The molecule has 0 saturated carbocycles. The zero-order valence-electron chi connectivity index (χ0n) is 11.4. The lowest BCUT2D eigenvalue weighted by molar-refractivity contribution is -0.384. The number of hydrogen-bond donors (Lipinski definition) is 1. The van der Waals surface area contributed by atoms with Gasteiger partial charge in [-0.2, -0.15) is 4.73 Å². The van der Waals surface area contributed by atoms with Crippen molar-refractivity contribution in [1.82, 2.24) is 9.71 Å². The highest BCUT2D eigenvalue weighted by molar-refractivity contribution is 5.90. The molecule has 0 amide bonds. The minimum Gasteiger partial charge on any atom is -0.461 e. The third-order valence-electron chi connectivity index (χ3n) is 2.84. The zero-order valence-corrected chi connectivity index (χ0v) is 11.4. The summed E-state index contributed by atoms with van der Waals surface area (Å²) in [5.74, 6) is -0.822. The molecule has 0 spiro atoms. The van der Waals surface area contributed by atoms with Gasteiger partial charge in [0.25, 0.3) is 5.69 Å².